The number of esters is 1. The molecule has 0 radical (unpaired) electrons. The van der Waals surface area contributed by atoms with Gasteiger partial charge in [0, 0.05) is 32.4 Å². The van der Waals surface area contributed by atoms with Crippen LogP contribution in [-0.4, -0.2) is 50.7 Å². The first-order valence-corrected chi connectivity index (χ1v) is 6.80. The van der Waals surface area contributed by atoms with Crippen LogP contribution in [-0.2, 0) is 9.53 Å². The molecule has 0 aromatic heterocycles. The van der Waals surface area contributed by atoms with Gasteiger partial charge in [0.25, 0.3) is 0 Å². The van der Waals surface area contributed by atoms with Crippen molar-refractivity contribution in [3.8, 4) is 0 Å². The number of benzene rings is 1. The lowest BCUT2D eigenvalue weighted by atomic mass is 10.0. The van der Waals surface area contributed by atoms with Gasteiger partial charge in [-0.1, -0.05) is 18.2 Å². The molecule has 4 heteroatoms. The average Bonchev–Trinajstić information content (AvgIpc) is 2.42. The van der Waals surface area contributed by atoms with Crippen molar-refractivity contribution in [3.63, 3.8) is 0 Å². The van der Waals surface area contributed by atoms with Crippen LogP contribution in [0.2, 0.25) is 0 Å². The van der Waals surface area contributed by atoms with Gasteiger partial charge >= 0.3 is 5.97 Å². The van der Waals surface area contributed by atoms with Gasteiger partial charge in [-0.2, -0.15) is 0 Å². The Morgan fingerprint density at radius 1 is 1.42 bits per heavy atom. The first kappa shape index (κ1) is 13.9. The lowest BCUT2D eigenvalue weighted by Gasteiger charge is -2.39. The van der Waals surface area contributed by atoms with Gasteiger partial charge in [0.05, 0.1) is 7.11 Å². The zero-order valence-electron chi connectivity index (χ0n) is 11.7. The van der Waals surface area contributed by atoms with E-state index in [1.165, 1.54) is 12.8 Å². The van der Waals surface area contributed by atoms with Gasteiger partial charge in [0.15, 0.2) is 0 Å². The highest BCUT2D eigenvalue weighted by molar-refractivity contribution is 5.76. The molecule has 1 fully saturated rings. The van der Waals surface area contributed by atoms with E-state index >= 15 is 0 Å². The highest BCUT2D eigenvalue weighted by Crippen LogP contribution is 2.19. The number of anilines is 1. The lowest BCUT2D eigenvalue weighted by Crippen LogP contribution is -2.53. The van der Waals surface area contributed by atoms with Crippen molar-refractivity contribution in [2.24, 2.45) is 0 Å². The first-order valence-electron chi connectivity index (χ1n) is 6.80. The monoisotopic (exact) mass is 262 g/mol. The molecule has 0 aliphatic carbocycles. The van der Waals surface area contributed by atoms with Crippen LogP contribution in [0.5, 0.6) is 0 Å². The topological polar surface area (TPSA) is 32.8 Å². The largest absolute Gasteiger partial charge is 0.468 e. The number of ether oxygens (including phenoxy) is 1. The molecular weight excluding hydrogens is 240 g/mol. The van der Waals surface area contributed by atoms with Crippen LogP contribution in [0.3, 0.4) is 0 Å². The molecule has 1 atom stereocenters. The molecule has 0 amide bonds. The highest BCUT2D eigenvalue weighted by Gasteiger charge is 2.34. The maximum atomic E-state index is 11.4. The predicted octanol–water partition coefficient (Wildman–Crippen LogP) is 1.76. The van der Waals surface area contributed by atoms with Crippen molar-refractivity contribution in [1.29, 1.82) is 0 Å². The molecule has 0 saturated carbocycles. The van der Waals surface area contributed by atoms with Crippen LogP contribution in [0.4, 0.5) is 5.69 Å². The van der Waals surface area contributed by atoms with Gasteiger partial charge in [-0.15, -0.1) is 0 Å². The van der Waals surface area contributed by atoms with Gasteiger partial charge < -0.3 is 9.64 Å². The van der Waals surface area contributed by atoms with Crippen LogP contribution in [0.1, 0.15) is 12.8 Å². The predicted molar refractivity (Wildman–Crippen MR) is 76.3 cm³/mol. The van der Waals surface area contributed by atoms with Gasteiger partial charge in [-0.3, -0.25) is 9.69 Å². The Bertz CT molecular complexity index is 408. The fourth-order valence-corrected chi connectivity index (χ4v) is 2.43. The summed E-state index contributed by atoms with van der Waals surface area (Å²) in [6.07, 6.45) is 1.99. The van der Waals surface area contributed by atoms with Gasteiger partial charge in [0.2, 0.25) is 0 Å². The Balaban J connectivity index is 1.71. The molecule has 1 aromatic carbocycles. The minimum absolute atomic E-state index is 0.00738. The zero-order chi connectivity index (χ0) is 13.7. The normalized spacial score (nSPS) is 18.7. The third kappa shape index (κ3) is 3.47. The maximum Gasteiger partial charge on any atom is 0.323 e. The number of likely N-dealkylation sites (tertiary alicyclic amines) is 1. The molecule has 1 saturated heterocycles. The van der Waals surface area contributed by atoms with Crippen molar-refractivity contribution < 1.29 is 9.53 Å². The van der Waals surface area contributed by atoms with E-state index in [9.17, 15) is 4.79 Å². The fraction of sp³-hybridized carbons (Fsp3) is 0.533. The summed E-state index contributed by atoms with van der Waals surface area (Å²) in [4.78, 5) is 15.9. The number of nitrogens with zero attached hydrogens (tertiary/aromatic N) is 2. The third-order valence-corrected chi connectivity index (χ3v) is 3.74. The molecule has 0 spiro atoms. The summed E-state index contributed by atoms with van der Waals surface area (Å²) in [6.45, 7) is 2.96. The van der Waals surface area contributed by atoms with E-state index < -0.39 is 0 Å². The van der Waals surface area contributed by atoms with Crippen LogP contribution >= 0.6 is 0 Å². The van der Waals surface area contributed by atoms with E-state index in [0.29, 0.717) is 0 Å². The van der Waals surface area contributed by atoms with Crippen molar-refractivity contribution >= 4 is 11.7 Å². The Labute approximate surface area is 115 Å². The van der Waals surface area contributed by atoms with Crippen molar-refractivity contribution in [2.75, 3.05) is 38.7 Å². The Kier molecular flexibility index (Phi) is 4.80. The zero-order valence-corrected chi connectivity index (χ0v) is 11.7. The SMILES string of the molecule is COC(=O)C1CCN1CCCN(C)c1ccccc1. The molecule has 19 heavy (non-hydrogen) atoms. The maximum absolute atomic E-state index is 11.4. The Morgan fingerprint density at radius 2 is 2.16 bits per heavy atom. The van der Waals surface area contributed by atoms with Gasteiger partial charge in [-0.25, -0.2) is 0 Å². The molecule has 104 valence electrons. The van der Waals surface area contributed by atoms with Crippen LogP contribution in [0.15, 0.2) is 30.3 Å². The van der Waals surface area contributed by atoms with Crippen LogP contribution in [0.25, 0.3) is 0 Å². The van der Waals surface area contributed by atoms with Crippen molar-refractivity contribution in [3.05, 3.63) is 30.3 Å². The van der Waals surface area contributed by atoms with E-state index in [-0.39, 0.29) is 12.0 Å². The summed E-state index contributed by atoms with van der Waals surface area (Å²) in [5.41, 5.74) is 1.23. The summed E-state index contributed by atoms with van der Waals surface area (Å²) in [6, 6.07) is 10.3. The van der Waals surface area contributed by atoms with E-state index in [4.69, 9.17) is 4.74 Å². The van der Waals surface area contributed by atoms with Crippen LogP contribution < -0.4 is 4.90 Å². The molecule has 2 rings (SSSR count). The van der Waals surface area contributed by atoms with Crippen LogP contribution in [0, 0.1) is 0 Å². The van der Waals surface area contributed by atoms with Crippen molar-refractivity contribution in [2.45, 2.75) is 18.9 Å². The number of hydrogen-bond donors (Lipinski definition) is 0. The number of hydrogen-bond acceptors (Lipinski definition) is 4. The summed E-state index contributed by atoms with van der Waals surface area (Å²) in [5.74, 6) is -0.0948. The van der Waals surface area contributed by atoms with E-state index in [1.54, 1.807) is 0 Å². The van der Waals surface area contributed by atoms with Gasteiger partial charge in [0.1, 0.15) is 6.04 Å². The number of carbonyl (C=O) groups excluding carboxylic acids is 1. The number of carbonyl (C=O) groups is 1. The van der Waals surface area contributed by atoms with Crippen molar-refractivity contribution in [1.82, 2.24) is 4.90 Å². The molecule has 1 aliphatic heterocycles. The summed E-state index contributed by atoms with van der Waals surface area (Å²) >= 11 is 0. The minimum atomic E-state index is -0.0948. The van der Waals surface area contributed by atoms with Gasteiger partial charge in [-0.05, 0) is 25.0 Å². The second kappa shape index (κ2) is 6.57. The van der Waals surface area contributed by atoms with E-state index in [2.05, 4.69) is 41.1 Å². The molecule has 1 aromatic rings. The molecule has 4 nitrogen and oxygen atoms in total. The fourth-order valence-electron chi connectivity index (χ4n) is 2.43. The van der Waals surface area contributed by atoms with E-state index in [0.717, 1.165) is 32.5 Å². The quantitative estimate of drug-likeness (QED) is 0.731. The molecule has 0 N–H and O–H groups in total. The lowest BCUT2D eigenvalue weighted by molar-refractivity contribution is -0.151. The Morgan fingerprint density at radius 3 is 2.74 bits per heavy atom. The summed E-state index contributed by atoms with van der Waals surface area (Å²) < 4.78 is 4.79. The van der Waals surface area contributed by atoms with E-state index in [1.807, 2.05) is 6.07 Å². The number of para-hydroxylation sites is 1. The molecular formula is C15H22N2O2. The summed E-state index contributed by atoms with van der Waals surface area (Å²) in [5, 5.41) is 0. The third-order valence-electron chi connectivity index (χ3n) is 3.74. The molecule has 1 heterocycles. The molecule has 1 aliphatic rings. The second-order valence-corrected chi connectivity index (χ2v) is 4.97. The smallest absolute Gasteiger partial charge is 0.323 e. The number of methoxy groups -OCH3 is 1. The standard InChI is InChI=1S/C15H22N2O2/c1-16(13-7-4-3-5-8-13)10-6-11-17-12-9-14(17)15(18)19-2/h3-5,7-8,14H,6,9-12H2,1-2H3. The highest BCUT2D eigenvalue weighted by atomic mass is 16.5. The molecule has 0 bridgehead atoms. The average molecular weight is 262 g/mol. The molecule has 1 unspecified atom stereocenters. The Hall–Kier alpha value is -1.55. The number of rotatable bonds is 6. The minimum Gasteiger partial charge on any atom is -0.468 e. The second-order valence-electron chi connectivity index (χ2n) is 4.97. The summed E-state index contributed by atoms with van der Waals surface area (Å²) in [7, 11) is 3.56. The first-order chi connectivity index (χ1) is 9.22.